The van der Waals surface area contributed by atoms with Crippen molar-refractivity contribution in [3.05, 3.63) is 71.8 Å². The van der Waals surface area contributed by atoms with Crippen molar-refractivity contribution in [3.63, 3.8) is 0 Å². The molecule has 0 bridgehead atoms. The van der Waals surface area contributed by atoms with E-state index in [4.69, 9.17) is 4.74 Å². The third-order valence-electron chi connectivity index (χ3n) is 4.91. The van der Waals surface area contributed by atoms with Gasteiger partial charge in [-0.25, -0.2) is 4.79 Å². The standard InChI is InChI=1S/C23H30N2O2/c1-18-15-25(22(26)27-23(2,3)4)21(20-13-9-6-10-14-20)17-24(18)16-19-11-7-5-8-12-19/h5-14,18,21H,15-17H2,1-4H3/t18-,21+/m1/s1. The van der Waals surface area contributed by atoms with Crippen molar-refractivity contribution in [2.45, 2.75) is 51.9 Å². The quantitative estimate of drug-likeness (QED) is 0.777. The maximum absolute atomic E-state index is 12.9. The van der Waals surface area contributed by atoms with E-state index in [1.807, 2.05) is 49.9 Å². The maximum Gasteiger partial charge on any atom is 0.410 e. The lowest BCUT2D eigenvalue weighted by atomic mass is 9.99. The fraction of sp³-hybridized carbons (Fsp3) is 0.435. The van der Waals surface area contributed by atoms with Crippen molar-refractivity contribution in [3.8, 4) is 0 Å². The van der Waals surface area contributed by atoms with Gasteiger partial charge in [0.2, 0.25) is 0 Å². The van der Waals surface area contributed by atoms with Gasteiger partial charge in [0, 0.05) is 25.7 Å². The second kappa shape index (κ2) is 8.13. The van der Waals surface area contributed by atoms with Gasteiger partial charge in [0.05, 0.1) is 6.04 Å². The molecule has 1 fully saturated rings. The first-order chi connectivity index (χ1) is 12.8. The van der Waals surface area contributed by atoms with Gasteiger partial charge in [-0.3, -0.25) is 9.80 Å². The summed E-state index contributed by atoms with van der Waals surface area (Å²) in [5.74, 6) is 0. The maximum atomic E-state index is 12.9. The molecule has 0 aromatic heterocycles. The number of piperazine rings is 1. The van der Waals surface area contributed by atoms with Crippen LogP contribution in [0.3, 0.4) is 0 Å². The number of hydrogen-bond acceptors (Lipinski definition) is 3. The van der Waals surface area contributed by atoms with Crippen LogP contribution in [-0.4, -0.2) is 40.6 Å². The lowest BCUT2D eigenvalue weighted by molar-refractivity contribution is -0.0159. The molecule has 4 heteroatoms. The van der Waals surface area contributed by atoms with E-state index in [2.05, 4.69) is 48.2 Å². The van der Waals surface area contributed by atoms with E-state index in [1.54, 1.807) is 0 Å². The molecule has 0 spiro atoms. The van der Waals surface area contributed by atoms with Gasteiger partial charge in [0.25, 0.3) is 0 Å². The minimum atomic E-state index is -0.497. The molecule has 0 radical (unpaired) electrons. The highest BCUT2D eigenvalue weighted by Crippen LogP contribution is 2.30. The summed E-state index contributed by atoms with van der Waals surface area (Å²) >= 11 is 0. The highest BCUT2D eigenvalue weighted by molar-refractivity contribution is 5.69. The zero-order chi connectivity index (χ0) is 19.4. The fourth-order valence-corrected chi connectivity index (χ4v) is 3.55. The second-order valence-electron chi connectivity index (χ2n) is 8.32. The summed E-state index contributed by atoms with van der Waals surface area (Å²) in [6.07, 6.45) is -0.234. The SMILES string of the molecule is C[C@@H]1CN(C(=O)OC(C)(C)C)[C@H](c2ccccc2)CN1Cc1ccccc1. The number of carbonyl (C=O) groups excluding carboxylic acids is 1. The van der Waals surface area contributed by atoms with Crippen molar-refractivity contribution in [1.82, 2.24) is 9.80 Å². The van der Waals surface area contributed by atoms with Crippen LogP contribution in [0.1, 0.15) is 44.9 Å². The van der Waals surface area contributed by atoms with Gasteiger partial charge in [-0.1, -0.05) is 60.7 Å². The van der Waals surface area contributed by atoms with Crippen LogP contribution in [0.4, 0.5) is 4.79 Å². The molecule has 1 heterocycles. The first kappa shape index (κ1) is 19.4. The summed E-state index contributed by atoms with van der Waals surface area (Å²) in [4.78, 5) is 17.2. The Balaban J connectivity index is 1.83. The molecule has 2 aromatic carbocycles. The summed E-state index contributed by atoms with van der Waals surface area (Å²) < 4.78 is 5.70. The third kappa shape index (κ3) is 5.10. The average molecular weight is 367 g/mol. The average Bonchev–Trinajstić information content (AvgIpc) is 2.63. The Hall–Kier alpha value is -2.33. The Labute approximate surface area is 162 Å². The molecule has 4 nitrogen and oxygen atoms in total. The van der Waals surface area contributed by atoms with Gasteiger partial charge < -0.3 is 4.74 Å². The Morgan fingerprint density at radius 1 is 1.00 bits per heavy atom. The molecule has 27 heavy (non-hydrogen) atoms. The van der Waals surface area contributed by atoms with Crippen LogP contribution in [-0.2, 0) is 11.3 Å². The zero-order valence-electron chi connectivity index (χ0n) is 16.8. The molecule has 1 aliphatic heterocycles. The number of amides is 1. The van der Waals surface area contributed by atoms with Gasteiger partial charge in [-0.05, 0) is 38.8 Å². The van der Waals surface area contributed by atoms with Gasteiger partial charge >= 0.3 is 6.09 Å². The number of carbonyl (C=O) groups is 1. The first-order valence-corrected chi connectivity index (χ1v) is 9.66. The van der Waals surface area contributed by atoms with Gasteiger partial charge in [-0.2, -0.15) is 0 Å². The van der Waals surface area contributed by atoms with Crippen molar-refractivity contribution in [2.24, 2.45) is 0 Å². The van der Waals surface area contributed by atoms with E-state index in [0.717, 1.165) is 18.7 Å². The zero-order valence-corrected chi connectivity index (χ0v) is 16.8. The molecule has 0 saturated carbocycles. The minimum Gasteiger partial charge on any atom is -0.444 e. The molecule has 3 rings (SSSR count). The highest BCUT2D eigenvalue weighted by atomic mass is 16.6. The number of ether oxygens (including phenoxy) is 1. The molecule has 144 valence electrons. The number of nitrogens with zero attached hydrogens (tertiary/aromatic N) is 2. The summed E-state index contributed by atoms with van der Waals surface area (Å²) in [5.41, 5.74) is 1.94. The van der Waals surface area contributed by atoms with E-state index in [-0.39, 0.29) is 18.2 Å². The number of rotatable bonds is 3. The Morgan fingerprint density at radius 2 is 1.59 bits per heavy atom. The summed E-state index contributed by atoms with van der Waals surface area (Å²) in [7, 11) is 0. The number of hydrogen-bond donors (Lipinski definition) is 0. The van der Waals surface area contributed by atoms with Gasteiger partial charge in [0.15, 0.2) is 0 Å². The molecular formula is C23H30N2O2. The van der Waals surface area contributed by atoms with E-state index >= 15 is 0 Å². The monoisotopic (exact) mass is 366 g/mol. The molecule has 2 atom stereocenters. The molecule has 1 amide bonds. The van der Waals surface area contributed by atoms with Crippen LogP contribution in [0, 0.1) is 0 Å². The largest absolute Gasteiger partial charge is 0.444 e. The topological polar surface area (TPSA) is 32.8 Å². The van der Waals surface area contributed by atoms with E-state index in [0.29, 0.717) is 6.54 Å². The van der Waals surface area contributed by atoms with Crippen LogP contribution < -0.4 is 0 Å². The van der Waals surface area contributed by atoms with Crippen LogP contribution in [0.5, 0.6) is 0 Å². The van der Waals surface area contributed by atoms with Crippen molar-refractivity contribution in [1.29, 1.82) is 0 Å². The van der Waals surface area contributed by atoms with Gasteiger partial charge in [-0.15, -0.1) is 0 Å². The smallest absolute Gasteiger partial charge is 0.410 e. The molecule has 0 aliphatic carbocycles. The van der Waals surface area contributed by atoms with Crippen LogP contribution in [0.15, 0.2) is 60.7 Å². The number of benzene rings is 2. The molecule has 1 aliphatic rings. The lowest BCUT2D eigenvalue weighted by Gasteiger charge is -2.45. The predicted molar refractivity (Wildman–Crippen MR) is 108 cm³/mol. The van der Waals surface area contributed by atoms with Crippen LogP contribution in [0.2, 0.25) is 0 Å². The highest BCUT2D eigenvalue weighted by Gasteiger charge is 2.37. The van der Waals surface area contributed by atoms with E-state index < -0.39 is 5.60 Å². The fourth-order valence-electron chi connectivity index (χ4n) is 3.55. The Morgan fingerprint density at radius 3 is 2.19 bits per heavy atom. The molecule has 2 aromatic rings. The second-order valence-corrected chi connectivity index (χ2v) is 8.32. The summed E-state index contributed by atoms with van der Waals surface area (Å²) in [5, 5.41) is 0. The first-order valence-electron chi connectivity index (χ1n) is 9.66. The van der Waals surface area contributed by atoms with Crippen molar-refractivity contribution < 1.29 is 9.53 Å². The van der Waals surface area contributed by atoms with Gasteiger partial charge in [0.1, 0.15) is 5.60 Å². The predicted octanol–water partition coefficient (Wildman–Crippen LogP) is 4.87. The minimum absolute atomic E-state index is 0.0130. The molecular weight excluding hydrogens is 336 g/mol. The third-order valence-corrected chi connectivity index (χ3v) is 4.91. The normalized spacial score (nSPS) is 21.1. The molecule has 1 saturated heterocycles. The summed E-state index contributed by atoms with van der Waals surface area (Å²) in [6.45, 7) is 10.3. The van der Waals surface area contributed by atoms with Crippen molar-refractivity contribution >= 4 is 6.09 Å². The molecule has 0 unspecified atom stereocenters. The lowest BCUT2D eigenvalue weighted by Crippen LogP contribution is -2.55. The van der Waals surface area contributed by atoms with Crippen LogP contribution in [0.25, 0.3) is 0 Å². The Kier molecular flexibility index (Phi) is 5.85. The molecule has 0 N–H and O–H groups in total. The van der Waals surface area contributed by atoms with Crippen molar-refractivity contribution in [2.75, 3.05) is 13.1 Å². The van der Waals surface area contributed by atoms with E-state index in [1.165, 1.54) is 5.56 Å². The van der Waals surface area contributed by atoms with Crippen LogP contribution >= 0.6 is 0 Å². The summed E-state index contributed by atoms with van der Waals surface area (Å²) in [6, 6.07) is 21.0. The van der Waals surface area contributed by atoms with E-state index in [9.17, 15) is 4.79 Å². The Bertz CT molecular complexity index is 740.